The molecule has 0 aromatic carbocycles. The Labute approximate surface area is 97.9 Å². The van der Waals surface area contributed by atoms with Crippen LogP contribution in [0.15, 0.2) is 0 Å². The van der Waals surface area contributed by atoms with E-state index in [0.717, 1.165) is 14.0 Å². The summed E-state index contributed by atoms with van der Waals surface area (Å²) in [4.78, 5) is 45.2. The molecule has 96 valence electrons. The third-order valence-corrected chi connectivity index (χ3v) is 2.05. The van der Waals surface area contributed by atoms with E-state index < -0.39 is 36.0 Å². The van der Waals surface area contributed by atoms with Gasteiger partial charge in [0.05, 0.1) is 6.42 Å². The largest absolute Gasteiger partial charge is 0.481 e. The third kappa shape index (κ3) is 4.60. The van der Waals surface area contributed by atoms with Crippen molar-refractivity contribution in [3.8, 4) is 0 Å². The number of nitrogens with one attached hydrogen (secondary N) is 2. The Morgan fingerprint density at radius 1 is 1.29 bits per heavy atom. The predicted molar refractivity (Wildman–Crippen MR) is 56.4 cm³/mol. The molecule has 0 fully saturated rings. The van der Waals surface area contributed by atoms with Gasteiger partial charge in [-0.3, -0.25) is 29.5 Å². The number of imide groups is 1. The Bertz CT molecular complexity index is 342. The maximum absolute atomic E-state index is 11.6. The summed E-state index contributed by atoms with van der Waals surface area (Å²) in [7, 11) is 2.59. The lowest BCUT2D eigenvalue weighted by atomic mass is 10.0. The van der Waals surface area contributed by atoms with Crippen LogP contribution in [0.25, 0.3) is 0 Å². The molecule has 3 N–H and O–H groups in total. The van der Waals surface area contributed by atoms with Gasteiger partial charge >= 0.3 is 5.97 Å². The second-order valence-corrected chi connectivity index (χ2v) is 3.31. The molecular weight excluding hydrogens is 230 g/mol. The number of amides is 3. The van der Waals surface area contributed by atoms with E-state index in [4.69, 9.17) is 5.11 Å². The first-order chi connectivity index (χ1) is 7.81. The van der Waals surface area contributed by atoms with Crippen LogP contribution in [0.1, 0.15) is 13.3 Å². The Morgan fingerprint density at radius 2 is 1.82 bits per heavy atom. The highest BCUT2D eigenvalue weighted by Crippen LogP contribution is 2.08. The fourth-order valence-electron chi connectivity index (χ4n) is 1.05. The highest BCUT2D eigenvalue weighted by atomic mass is 16.4. The lowest BCUT2D eigenvalue weighted by molar-refractivity contribution is -0.155. The van der Waals surface area contributed by atoms with Crippen LogP contribution in [0.3, 0.4) is 0 Å². The number of nitrogens with zero attached hydrogens (tertiary/aromatic N) is 1. The van der Waals surface area contributed by atoms with Gasteiger partial charge in [0.15, 0.2) is 0 Å². The average molecular weight is 245 g/mol. The van der Waals surface area contributed by atoms with Gasteiger partial charge in [0.1, 0.15) is 5.92 Å². The van der Waals surface area contributed by atoms with E-state index in [1.807, 2.05) is 0 Å². The summed E-state index contributed by atoms with van der Waals surface area (Å²) in [6.07, 6.45) is -0.535. The summed E-state index contributed by atoms with van der Waals surface area (Å²) in [5, 5.41) is 8.83. The van der Waals surface area contributed by atoms with Crippen molar-refractivity contribution < 1.29 is 24.3 Å². The van der Waals surface area contributed by atoms with Gasteiger partial charge in [0.2, 0.25) is 17.7 Å². The number of aliphatic carboxylic acids is 1. The van der Waals surface area contributed by atoms with Gasteiger partial charge in [-0.05, 0) is 0 Å². The first-order valence-electron chi connectivity index (χ1n) is 4.77. The molecule has 17 heavy (non-hydrogen) atoms. The Kier molecular flexibility index (Phi) is 5.83. The minimum absolute atomic E-state index is 0.535. The molecule has 0 aromatic rings. The number of carbonyl (C=O) groups excluding carboxylic acids is 3. The van der Waals surface area contributed by atoms with Crippen LogP contribution in [-0.2, 0) is 19.2 Å². The lowest BCUT2D eigenvalue weighted by Gasteiger charge is -2.18. The maximum Gasteiger partial charge on any atom is 0.316 e. The zero-order chi connectivity index (χ0) is 13.6. The van der Waals surface area contributed by atoms with E-state index in [0.29, 0.717) is 4.90 Å². The van der Waals surface area contributed by atoms with Gasteiger partial charge in [-0.1, -0.05) is 0 Å². The molecule has 0 aliphatic heterocycles. The first-order valence-corrected chi connectivity index (χ1v) is 4.77. The van der Waals surface area contributed by atoms with Crippen molar-refractivity contribution in [1.82, 2.24) is 15.8 Å². The molecule has 3 amide bonds. The van der Waals surface area contributed by atoms with Gasteiger partial charge in [-0.25, -0.2) is 5.43 Å². The topological polar surface area (TPSA) is 116 Å². The molecule has 1 unspecified atom stereocenters. The van der Waals surface area contributed by atoms with Crippen molar-refractivity contribution in [2.75, 3.05) is 14.1 Å². The summed E-state index contributed by atoms with van der Waals surface area (Å²) >= 11 is 0. The van der Waals surface area contributed by atoms with Crippen LogP contribution in [0.5, 0.6) is 0 Å². The van der Waals surface area contributed by atoms with Gasteiger partial charge in [-0.15, -0.1) is 0 Å². The fourth-order valence-corrected chi connectivity index (χ4v) is 1.05. The molecule has 8 heteroatoms. The molecule has 0 aliphatic carbocycles. The minimum Gasteiger partial charge on any atom is -0.481 e. The molecular formula is C9H15N3O5. The smallest absolute Gasteiger partial charge is 0.316 e. The summed E-state index contributed by atoms with van der Waals surface area (Å²) < 4.78 is 0. The van der Waals surface area contributed by atoms with Crippen LogP contribution in [0.2, 0.25) is 0 Å². The van der Waals surface area contributed by atoms with E-state index in [2.05, 4.69) is 10.9 Å². The van der Waals surface area contributed by atoms with Crippen molar-refractivity contribution in [3.05, 3.63) is 0 Å². The van der Waals surface area contributed by atoms with Crippen LogP contribution in [0.4, 0.5) is 0 Å². The molecule has 8 nitrogen and oxygen atoms in total. The SMILES string of the molecule is CNNC(=O)CC(C(=O)O)C(=O)N(C)C(C)=O. The summed E-state index contributed by atoms with van der Waals surface area (Å²) in [5.74, 6) is -5.18. The van der Waals surface area contributed by atoms with Crippen LogP contribution >= 0.6 is 0 Å². The number of hydrogen-bond acceptors (Lipinski definition) is 5. The van der Waals surface area contributed by atoms with Crippen molar-refractivity contribution >= 4 is 23.7 Å². The molecule has 0 saturated carbocycles. The van der Waals surface area contributed by atoms with E-state index in [9.17, 15) is 19.2 Å². The van der Waals surface area contributed by atoms with E-state index in [1.54, 1.807) is 0 Å². The summed E-state index contributed by atoms with van der Waals surface area (Å²) in [6, 6.07) is 0. The second-order valence-electron chi connectivity index (χ2n) is 3.31. The monoisotopic (exact) mass is 245 g/mol. The number of hydrogen-bond donors (Lipinski definition) is 3. The molecule has 0 heterocycles. The molecule has 1 atom stereocenters. The van der Waals surface area contributed by atoms with Crippen molar-refractivity contribution in [2.45, 2.75) is 13.3 Å². The maximum atomic E-state index is 11.6. The zero-order valence-electron chi connectivity index (χ0n) is 9.81. The van der Waals surface area contributed by atoms with Gasteiger partial charge in [-0.2, -0.15) is 0 Å². The quantitative estimate of drug-likeness (QED) is 0.394. The number of carbonyl (C=O) groups is 4. The average Bonchev–Trinajstić information content (AvgIpc) is 2.23. The van der Waals surface area contributed by atoms with Crippen molar-refractivity contribution in [3.63, 3.8) is 0 Å². The number of carboxylic acids is 1. The standard InChI is InChI=1S/C9H15N3O5/c1-5(13)12(3)8(15)6(9(16)17)4-7(14)11-10-2/h6,10H,4H2,1-3H3,(H,11,14)(H,16,17). The van der Waals surface area contributed by atoms with Crippen LogP contribution < -0.4 is 10.9 Å². The molecule has 0 radical (unpaired) electrons. The molecule has 0 rings (SSSR count). The Morgan fingerprint density at radius 3 is 2.18 bits per heavy atom. The van der Waals surface area contributed by atoms with E-state index >= 15 is 0 Å². The Balaban J connectivity index is 4.75. The fraction of sp³-hybridized carbons (Fsp3) is 0.556. The minimum atomic E-state index is -1.57. The molecule has 0 saturated heterocycles. The van der Waals surface area contributed by atoms with Gasteiger partial charge in [0, 0.05) is 21.0 Å². The van der Waals surface area contributed by atoms with Crippen molar-refractivity contribution in [2.24, 2.45) is 5.92 Å². The molecule has 0 aliphatic rings. The van der Waals surface area contributed by atoms with Crippen molar-refractivity contribution in [1.29, 1.82) is 0 Å². The van der Waals surface area contributed by atoms with Crippen LogP contribution in [0, 0.1) is 5.92 Å². The third-order valence-electron chi connectivity index (χ3n) is 2.05. The predicted octanol–water partition coefficient (Wildman–Crippen LogP) is -1.67. The molecule has 0 aromatic heterocycles. The lowest BCUT2D eigenvalue weighted by Crippen LogP contribution is -2.43. The van der Waals surface area contributed by atoms with E-state index in [-0.39, 0.29) is 0 Å². The highest BCUT2D eigenvalue weighted by molar-refractivity contribution is 6.05. The molecule has 0 bridgehead atoms. The van der Waals surface area contributed by atoms with Gasteiger partial charge in [0.25, 0.3) is 0 Å². The van der Waals surface area contributed by atoms with E-state index in [1.165, 1.54) is 7.05 Å². The zero-order valence-corrected chi connectivity index (χ0v) is 9.81. The number of rotatable bonds is 5. The Hall–Kier alpha value is -1.96. The first kappa shape index (κ1) is 15.0. The second kappa shape index (κ2) is 6.59. The normalized spacial score (nSPS) is 11.5. The number of carboxylic acid groups (broad SMARTS) is 1. The highest BCUT2D eigenvalue weighted by Gasteiger charge is 2.32. The molecule has 0 spiro atoms. The van der Waals surface area contributed by atoms with Crippen LogP contribution in [-0.4, -0.2) is 47.8 Å². The summed E-state index contributed by atoms with van der Waals surface area (Å²) in [6.45, 7) is 1.13. The summed E-state index contributed by atoms with van der Waals surface area (Å²) in [5.41, 5.74) is 4.46. The van der Waals surface area contributed by atoms with Gasteiger partial charge < -0.3 is 5.11 Å². The number of hydrazine groups is 1.